The first-order chi connectivity index (χ1) is 12.8. The molecular formula is C22H24O5. The van der Waals surface area contributed by atoms with Crippen LogP contribution in [-0.4, -0.2) is 17.9 Å². The van der Waals surface area contributed by atoms with Crippen molar-refractivity contribution in [3.05, 3.63) is 65.2 Å². The van der Waals surface area contributed by atoms with E-state index in [4.69, 9.17) is 9.47 Å². The average Bonchev–Trinajstić information content (AvgIpc) is 2.61. The van der Waals surface area contributed by atoms with Crippen LogP contribution in [0.2, 0.25) is 0 Å². The third-order valence-corrected chi connectivity index (χ3v) is 4.03. The van der Waals surface area contributed by atoms with Crippen molar-refractivity contribution in [3.63, 3.8) is 0 Å². The summed E-state index contributed by atoms with van der Waals surface area (Å²) in [6, 6.07) is 13.9. The summed E-state index contributed by atoms with van der Waals surface area (Å²) in [4.78, 5) is 35.9. The van der Waals surface area contributed by atoms with E-state index in [1.165, 1.54) is 24.6 Å². The van der Waals surface area contributed by atoms with Gasteiger partial charge in [0.25, 0.3) is 0 Å². The molecule has 0 aliphatic heterocycles. The van der Waals surface area contributed by atoms with E-state index >= 15 is 0 Å². The minimum Gasteiger partial charge on any atom is -0.426 e. The van der Waals surface area contributed by atoms with E-state index < -0.39 is 23.8 Å². The summed E-state index contributed by atoms with van der Waals surface area (Å²) in [5.41, 5.74) is 2.00. The zero-order valence-electron chi connectivity index (χ0n) is 16.0. The van der Waals surface area contributed by atoms with Crippen LogP contribution in [0.15, 0.2) is 48.5 Å². The Morgan fingerprint density at radius 3 is 2.15 bits per heavy atom. The maximum atomic E-state index is 12.4. The lowest BCUT2D eigenvalue weighted by Gasteiger charge is -2.13. The fraction of sp³-hybridized carbons (Fsp3) is 0.318. The first-order valence-electron chi connectivity index (χ1n) is 8.90. The SMILES string of the molecule is CC(=O)Oc1ccccc1C(=O)OC(=O)C(C)c1ccc(CC(C)C)cc1. The van der Waals surface area contributed by atoms with Crippen LogP contribution in [0.3, 0.4) is 0 Å². The van der Waals surface area contributed by atoms with E-state index in [2.05, 4.69) is 13.8 Å². The van der Waals surface area contributed by atoms with Crippen molar-refractivity contribution >= 4 is 17.9 Å². The van der Waals surface area contributed by atoms with Gasteiger partial charge in [-0.05, 0) is 42.5 Å². The third kappa shape index (κ3) is 5.78. The Hall–Kier alpha value is -2.95. The summed E-state index contributed by atoms with van der Waals surface area (Å²) in [6.45, 7) is 7.21. The summed E-state index contributed by atoms with van der Waals surface area (Å²) in [6.07, 6.45) is 0.963. The minimum atomic E-state index is -0.847. The molecule has 2 rings (SSSR count). The maximum Gasteiger partial charge on any atom is 0.349 e. The number of hydrogen-bond donors (Lipinski definition) is 0. The highest BCUT2D eigenvalue weighted by Crippen LogP contribution is 2.22. The number of esters is 3. The van der Waals surface area contributed by atoms with E-state index in [-0.39, 0.29) is 11.3 Å². The molecule has 0 amide bonds. The molecule has 0 aliphatic rings. The van der Waals surface area contributed by atoms with Crippen LogP contribution >= 0.6 is 0 Å². The topological polar surface area (TPSA) is 69.7 Å². The van der Waals surface area contributed by atoms with Crippen LogP contribution in [0.4, 0.5) is 0 Å². The highest BCUT2D eigenvalue weighted by atomic mass is 16.6. The van der Waals surface area contributed by atoms with Gasteiger partial charge in [-0.3, -0.25) is 9.59 Å². The predicted molar refractivity (Wildman–Crippen MR) is 102 cm³/mol. The molecule has 2 aromatic carbocycles. The average molecular weight is 368 g/mol. The van der Waals surface area contributed by atoms with E-state index in [0.717, 1.165) is 12.0 Å². The largest absolute Gasteiger partial charge is 0.426 e. The Kier molecular flexibility index (Phi) is 6.88. The van der Waals surface area contributed by atoms with Crippen LogP contribution < -0.4 is 4.74 Å². The molecule has 2 aromatic rings. The van der Waals surface area contributed by atoms with Gasteiger partial charge in [0, 0.05) is 6.92 Å². The number of hydrogen-bond acceptors (Lipinski definition) is 5. The number of rotatable bonds is 6. The van der Waals surface area contributed by atoms with Gasteiger partial charge in [0.05, 0.1) is 5.92 Å². The molecule has 0 radical (unpaired) electrons. The quantitative estimate of drug-likeness (QED) is 0.432. The van der Waals surface area contributed by atoms with Crippen molar-refractivity contribution in [1.82, 2.24) is 0 Å². The van der Waals surface area contributed by atoms with Crippen molar-refractivity contribution < 1.29 is 23.9 Å². The fourth-order valence-electron chi connectivity index (χ4n) is 2.66. The predicted octanol–water partition coefficient (Wildman–Crippen LogP) is 4.30. The molecular weight excluding hydrogens is 344 g/mol. The smallest absolute Gasteiger partial charge is 0.349 e. The van der Waals surface area contributed by atoms with Gasteiger partial charge in [0.2, 0.25) is 0 Å². The molecule has 0 bridgehead atoms. The Morgan fingerprint density at radius 1 is 0.926 bits per heavy atom. The first-order valence-corrected chi connectivity index (χ1v) is 8.90. The van der Waals surface area contributed by atoms with Gasteiger partial charge in [-0.1, -0.05) is 50.2 Å². The van der Waals surface area contributed by atoms with Crippen molar-refractivity contribution in [2.45, 2.75) is 40.0 Å². The minimum absolute atomic E-state index is 0.0283. The summed E-state index contributed by atoms with van der Waals surface area (Å²) in [5.74, 6) is -2.05. The lowest BCUT2D eigenvalue weighted by Crippen LogP contribution is -2.19. The van der Waals surface area contributed by atoms with Crippen molar-refractivity contribution in [3.8, 4) is 5.75 Å². The maximum absolute atomic E-state index is 12.4. The first kappa shape index (κ1) is 20.4. The lowest BCUT2D eigenvalue weighted by atomic mass is 9.97. The van der Waals surface area contributed by atoms with Gasteiger partial charge in [-0.25, -0.2) is 4.79 Å². The summed E-state index contributed by atoms with van der Waals surface area (Å²) in [5, 5.41) is 0. The van der Waals surface area contributed by atoms with Crippen LogP contribution in [0.25, 0.3) is 0 Å². The molecule has 0 spiro atoms. The van der Waals surface area contributed by atoms with Crippen molar-refractivity contribution in [1.29, 1.82) is 0 Å². The number of benzene rings is 2. The number of carbonyl (C=O) groups excluding carboxylic acids is 3. The molecule has 0 aromatic heterocycles. The lowest BCUT2D eigenvalue weighted by molar-refractivity contribution is -0.139. The molecule has 1 atom stereocenters. The Labute approximate surface area is 159 Å². The monoisotopic (exact) mass is 368 g/mol. The van der Waals surface area contributed by atoms with Crippen molar-refractivity contribution in [2.24, 2.45) is 5.92 Å². The zero-order chi connectivity index (χ0) is 20.0. The van der Waals surface area contributed by atoms with E-state index in [1.807, 2.05) is 24.3 Å². The number of ether oxygens (including phenoxy) is 2. The fourth-order valence-corrected chi connectivity index (χ4v) is 2.66. The van der Waals surface area contributed by atoms with Gasteiger partial charge in [0.15, 0.2) is 0 Å². The molecule has 142 valence electrons. The normalized spacial score (nSPS) is 11.7. The molecule has 0 saturated carbocycles. The molecule has 5 nitrogen and oxygen atoms in total. The van der Waals surface area contributed by atoms with Gasteiger partial charge in [-0.15, -0.1) is 0 Å². The molecule has 1 unspecified atom stereocenters. The van der Waals surface area contributed by atoms with E-state index in [9.17, 15) is 14.4 Å². The third-order valence-electron chi connectivity index (χ3n) is 4.03. The van der Waals surface area contributed by atoms with Gasteiger partial charge >= 0.3 is 17.9 Å². The van der Waals surface area contributed by atoms with Crippen LogP contribution in [0.1, 0.15) is 55.1 Å². The summed E-state index contributed by atoms with van der Waals surface area (Å²) >= 11 is 0. The molecule has 0 heterocycles. The second-order valence-corrected chi connectivity index (χ2v) is 6.86. The summed E-state index contributed by atoms with van der Waals surface area (Å²) in [7, 11) is 0. The van der Waals surface area contributed by atoms with Crippen LogP contribution in [0, 0.1) is 5.92 Å². The van der Waals surface area contributed by atoms with Gasteiger partial charge < -0.3 is 9.47 Å². The summed E-state index contributed by atoms with van der Waals surface area (Å²) < 4.78 is 9.99. The standard InChI is InChI=1S/C22H24O5/c1-14(2)13-17-9-11-18(12-10-17)15(3)21(24)27-22(25)19-7-5-6-8-20(19)26-16(4)23/h5-12,14-15H,13H2,1-4H3. The Bertz CT molecular complexity index is 821. The van der Waals surface area contributed by atoms with E-state index in [0.29, 0.717) is 5.92 Å². The highest BCUT2D eigenvalue weighted by molar-refractivity contribution is 6.00. The van der Waals surface area contributed by atoms with Crippen LogP contribution in [0.5, 0.6) is 5.75 Å². The highest BCUT2D eigenvalue weighted by Gasteiger charge is 2.23. The Balaban J connectivity index is 2.08. The molecule has 27 heavy (non-hydrogen) atoms. The molecule has 0 saturated heterocycles. The van der Waals surface area contributed by atoms with Crippen molar-refractivity contribution in [2.75, 3.05) is 0 Å². The number of para-hydroxylation sites is 1. The van der Waals surface area contributed by atoms with E-state index in [1.54, 1.807) is 19.1 Å². The molecule has 0 aliphatic carbocycles. The molecule has 5 heteroatoms. The van der Waals surface area contributed by atoms with Gasteiger partial charge in [0.1, 0.15) is 11.3 Å². The second kappa shape index (κ2) is 9.12. The Morgan fingerprint density at radius 2 is 1.56 bits per heavy atom. The molecule has 0 fully saturated rings. The number of carbonyl (C=O) groups is 3. The van der Waals surface area contributed by atoms with Gasteiger partial charge in [-0.2, -0.15) is 0 Å². The van der Waals surface area contributed by atoms with Crippen LogP contribution in [-0.2, 0) is 20.7 Å². The second-order valence-electron chi connectivity index (χ2n) is 6.86. The zero-order valence-corrected chi connectivity index (χ0v) is 16.0. The molecule has 0 N–H and O–H groups in total.